The Kier molecular flexibility index (Phi) is 6.84. The van der Waals surface area contributed by atoms with E-state index in [0.29, 0.717) is 31.0 Å². The van der Waals surface area contributed by atoms with Crippen molar-refractivity contribution < 1.29 is 4.42 Å². The summed E-state index contributed by atoms with van der Waals surface area (Å²) in [5.74, 6) is 1.36. The Bertz CT molecular complexity index is 1730. The van der Waals surface area contributed by atoms with Crippen LogP contribution in [0.3, 0.4) is 0 Å². The molecule has 0 aliphatic heterocycles. The van der Waals surface area contributed by atoms with E-state index in [4.69, 9.17) is 4.42 Å². The highest BCUT2D eigenvalue weighted by molar-refractivity contribution is 5.79. The van der Waals surface area contributed by atoms with Gasteiger partial charge in [-0.1, -0.05) is 72.8 Å². The molecule has 3 aromatic carbocycles. The maximum absolute atomic E-state index is 13.7. The van der Waals surface area contributed by atoms with Gasteiger partial charge in [-0.2, -0.15) is 0 Å². The number of H-pyrrole nitrogens is 1. The number of rotatable bonds is 9. The number of benzene rings is 3. The molecule has 0 aliphatic carbocycles. The molecule has 0 amide bonds. The van der Waals surface area contributed by atoms with Crippen LogP contribution in [0.25, 0.3) is 10.9 Å². The number of nitrogens with one attached hydrogen (secondary N) is 1. The van der Waals surface area contributed by atoms with Crippen LogP contribution in [-0.4, -0.2) is 30.1 Å². The SMILES string of the molecule is Cc1ccc2cc([C@H](c3nnnn3Cc3ccccc3)N(Cc3ccccc3)Cc3ccco3)c(=O)[nH]c2c1. The molecule has 0 saturated heterocycles. The van der Waals surface area contributed by atoms with E-state index in [2.05, 4.69) is 37.5 Å². The summed E-state index contributed by atoms with van der Waals surface area (Å²) in [7, 11) is 0. The van der Waals surface area contributed by atoms with E-state index in [1.54, 1.807) is 10.9 Å². The van der Waals surface area contributed by atoms with Crippen LogP contribution in [0.2, 0.25) is 0 Å². The molecule has 3 heterocycles. The minimum absolute atomic E-state index is 0.176. The molecule has 194 valence electrons. The van der Waals surface area contributed by atoms with Crippen LogP contribution in [0, 0.1) is 6.92 Å². The molecule has 1 N–H and O–H groups in total. The minimum Gasteiger partial charge on any atom is -0.468 e. The predicted molar refractivity (Wildman–Crippen MR) is 149 cm³/mol. The van der Waals surface area contributed by atoms with Crippen molar-refractivity contribution in [1.29, 1.82) is 0 Å². The molecule has 0 bridgehead atoms. The normalized spacial score (nSPS) is 12.3. The fourth-order valence-corrected chi connectivity index (χ4v) is 4.97. The van der Waals surface area contributed by atoms with Gasteiger partial charge in [0.1, 0.15) is 11.8 Å². The van der Waals surface area contributed by atoms with E-state index in [-0.39, 0.29) is 5.56 Å². The van der Waals surface area contributed by atoms with Crippen LogP contribution in [0.5, 0.6) is 0 Å². The topological polar surface area (TPSA) is 92.8 Å². The first-order valence-electron chi connectivity index (χ1n) is 12.9. The lowest BCUT2D eigenvalue weighted by Gasteiger charge is -2.30. The van der Waals surface area contributed by atoms with Crippen molar-refractivity contribution in [1.82, 2.24) is 30.1 Å². The lowest BCUT2D eigenvalue weighted by atomic mass is 10.0. The van der Waals surface area contributed by atoms with Gasteiger partial charge in [0.25, 0.3) is 5.56 Å². The van der Waals surface area contributed by atoms with Gasteiger partial charge in [0, 0.05) is 17.6 Å². The molecule has 1 atom stereocenters. The van der Waals surface area contributed by atoms with Gasteiger partial charge in [-0.15, -0.1) is 5.10 Å². The Hall–Kier alpha value is -4.82. The molecule has 6 aromatic rings. The third-order valence-corrected chi connectivity index (χ3v) is 6.84. The van der Waals surface area contributed by atoms with Crippen LogP contribution in [0.4, 0.5) is 0 Å². The van der Waals surface area contributed by atoms with Gasteiger partial charge in [-0.3, -0.25) is 9.69 Å². The maximum atomic E-state index is 13.7. The van der Waals surface area contributed by atoms with E-state index in [0.717, 1.165) is 33.4 Å². The summed E-state index contributed by atoms with van der Waals surface area (Å²) in [6.45, 7) is 3.49. The lowest BCUT2D eigenvalue weighted by Crippen LogP contribution is -2.34. The number of hydrogen-bond acceptors (Lipinski definition) is 6. The summed E-state index contributed by atoms with van der Waals surface area (Å²) < 4.78 is 7.54. The van der Waals surface area contributed by atoms with Gasteiger partial charge in [-0.25, -0.2) is 4.68 Å². The fourth-order valence-electron chi connectivity index (χ4n) is 4.97. The molecule has 39 heavy (non-hydrogen) atoms. The van der Waals surface area contributed by atoms with E-state index in [9.17, 15) is 4.79 Å². The first-order chi connectivity index (χ1) is 19.1. The largest absolute Gasteiger partial charge is 0.468 e. The molecule has 8 nitrogen and oxygen atoms in total. The van der Waals surface area contributed by atoms with Crippen molar-refractivity contribution in [2.24, 2.45) is 0 Å². The van der Waals surface area contributed by atoms with Crippen molar-refractivity contribution in [2.45, 2.75) is 32.6 Å². The third-order valence-electron chi connectivity index (χ3n) is 6.84. The first kappa shape index (κ1) is 24.5. The summed E-state index contributed by atoms with van der Waals surface area (Å²) in [5, 5.41) is 13.8. The maximum Gasteiger partial charge on any atom is 0.253 e. The molecule has 0 fully saturated rings. The molecule has 0 radical (unpaired) electrons. The smallest absolute Gasteiger partial charge is 0.253 e. The molecule has 8 heteroatoms. The van der Waals surface area contributed by atoms with Gasteiger partial charge in [-0.05, 0) is 63.7 Å². The van der Waals surface area contributed by atoms with E-state index >= 15 is 0 Å². The number of pyridine rings is 1. The van der Waals surface area contributed by atoms with Crippen LogP contribution < -0.4 is 5.56 Å². The van der Waals surface area contributed by atoms with Gasteiger partial charge in [0.15, 0.2) is 5.82 Å². The van der Waals surface area contributed by atoms with E-state index in [1.165, 1.54) is 0 Å². The van der Waals surface area contributed by atoms with E-state index < -0.39 is 6.04 Å². The second-order valence-corrected chi connectivity index (χ2v) is 9.70. The fraction of sp³-hybridized carbons (Fsp3) is 0.161. The monoisotopic (exact) mass is 516 g/mol. The number of aromatic nitrogens is 5. The van der Waals surface area contributed by atoms with Gasteiger partial charge in [0.2, 0.25) is 0 Å². The zero-order valence-corrected chi connectivity index (χ0v) is 21.6. The Balaban J connectivity index is 1.52. The summed E-state index contributed by atoms with van der Waals surface area (Å²) in [5.41, 5.74) is 4.44. The Labute approximate surface area is 225 Å². The Morgan fingerprint density at radius 1 is 0.897 bits per heavy atom. The molecule has 0 saturated carbocycles. The molecule has 0 spiro atoms. The second kappa shape index (κ2) is 10.9. The first-order valence-corrected chi connectivity index (χ1v) is 12.9. The molecule has 0 unspecified atom stereocenters. The second-order valence-electron chi connectivity index (χ2n) is 9.70. The quantitative estimate of drug-likeness (QED) is 0.282. The zero-order valence-electron chi connectivity index (χ0n) is 21.6. The van der Waals surface area contributed by atoms with Gasteiger partial charge >= 0.3 is 0 Å². The average molecular weight is 517 g/mol. The lowest BCUT2D eigenvalue weighted by molar-refractivity contribution is 0.179. The summed E-state index contributed by atoms with van der Waals surface area (Å²) >= 11 is 0. The Morgan fingerprint density at radius 2 is 1.67 bits per heavy atom. The van der Waals surface area contributed by atoms with Crippen molar-refractivity contribution in [3.05, 3.63) is 148 Å². The Morgan fingerprint density at radius 3 is 2.41 bits per heavy atom. The number of nitrogens with zero attached hydrogens (tertiary/aromatic N) is 5. The van der Waals surface area contributed by atoms with Crippen molar-refractivity contribution >= 4 is 10.9 Å². The number of aryl methyl sites for hydroxylation is 1. The van der Waals surface area contributed by atoms with Crippen molar-refractivity contribution in [3.8, 4) is 0 Å². The zero-order chi connectivity index (χ0) is 26.6. The standard InChI is InChI=1S/C31H28N6O2/c1-22-14-15-25-18-27(31(38)32-28(25)17-22)29(30-33-34-35-37(30)20-24-11-6-3-7-12-24)36(21-26-13-8-16-39-26)19-23-9-4-2-5-10-23/h2-18,29H,19-21H2,1H3,(H,32,38)/t29-/m1/s1. The van der Waals surface area contributed by atoms with Crippen LogP contribution >= 0.6 is 0 Å². The predicted octanol–water partition coefficient (Wildman–Crippen LogP) is 5.26. The highest BCUT2D eigenvalue weighted by Crippen LogP contribution is 2.30. The molecular weight excluding hydrogens is 488 g/mol. The summed E-state index contributed by atoms with van der Waals surface area (Å²) in [6.07, 6.45) is 1.66. The van der Waals surface area contributed by atoms with Crippen molar-refractivity contribution in [2.75, 3.05) is 0 Å². The number of aromatic amines is 1. The number of hydrogen-bond donors (Lipinski definition) is 1. The van der Waals surface area contributed by atoms with Gasteiger partial charge in [0.05, 0.1) is 19.4 Å². The van der Waals surface area contributed by atoms with Crippen molar-refractivity contribution in [3.63, 3.8) is 0 Å². The van der Waals surface area contributed by atoms with E-state index in [1.807, 2.05) is 91.9 Å². The van der Waals surface area contributed by atoms with Gasteiger partial charge < -0.3 is 9.40 Å². The molecular formula is C31H28N6O2. The summed E-state index contributed by atoms with van der Waals surface area (Å²) in [6, 6.07) is 31.5. The summed E-state index contributed by atoms with van der Waals surface area (Å²) in [4.78, 5) is 19.0. The number of furan rings is 1. The molecule has 3 aromatic heterocycles. The third kappa shape index (κ3) is 5.42. The average Bonchev–Trinajstić information content (AvgIpc) is 3.63. The molecule has 6 rings (SSSR count). The molecule has 0 aliphatic rings. The highest BCUT2D eigenvalue weighted by atomic mass is 16.3. The highest BCUT2D eigenvalue weighted by Gasteiger charge is 2.31. The minimum atomic E-state index is -0.552. The van der Waals surface area contributed by atoms with Crippen LogP contribution in [0.15, 0.2) is 113 Å². The van der Waals surface area contributed by atoms with Crippen LogP contribution in [0.1, 0.15) is 39.9 Å². The number of tetrazole rings is 1. The number of fused-ring (bicyclic) bond motifs is 1. The van der Waals surface area contributed by atoms with Crippen LogP contribution in [-0.2, 0) is 19.6 Å².